The molecule has 0 saturated heterocycles. The first kappa shape index (κ1) is 14.8. The predicted molar refractivity (Wildman–Crippen MR) is 69.2 cm³/mol. The molecule has 2 aromatic rings. The average Bonchev–Trinajstić information content (AvgIpc) is 2.62. The summed E-state index contributed by atoms with van der Waals surface area (Å²) in [7, 11) is 1.65. The van der Waals surface area contributed by atoms with Gasteiger partial charge in [-0.3, -0.25) is 4.68 Å². The minimum absolute atomic E-state index is 0.0470. The molecule has 0 aliphatic rings. The van der Waals surface area contributed by atoms with E-state index in [0.717, 1.165) is 0 Å². The standard InChI is InChI=1S/C12H10BrF4N3/c1-5-9(13)8(20(2)19-5)4-18-12-10(16)6(14)3-7(15)11(12)17/h3,18H,4H2,1-2H3. The molecule has 0 radical (unpaired) electrons. The topological polar surface area (TPSA) is 29.9 Å². The van der Waals surface area contributed by atoms with Crippen LogP contribution < -0.4 is 5.32 Å². The maximum atomic E-state index is 13.5. The lowest BCUT2D eigenvalue weighted by molar-refractivity contribution is 0.458. The van der Waals surface area contributed by atoms with E-state index in [9.17, 15) is 17.6 Å². The zero-order valence-corrected chi connectivity index (χ0v) is 12.2. The molecule has 0 saturated carbocycles. The third-order valence-electron chi connectivity index (χ3n) is 2.81. The molecule has 0 fully saturated rings. The zero-order valence-electron chi connectivity index (χ0n) is 10.6. The number of hydrogen-bond acceptors (Lipinski definition) is 2. The molecule has 20 heavy (non-hydrogen) atoms. The van der Waals surface area contributed by atoms with Crippen molar-refractivity contribution >= 4 is 21.6 Å². The summed E-state index contributed by atoms with van der Waals surface area (Å²) in [5.74, 6) is -5.82. The van der Waals surface area contributed by atoms with Crippen molar-refractivity contribution in [1.82, 2.24) is 9.78 Å². The summed E-state index contributed by atoms with van der Waals surface area (Å²) in [5.41, 5.74) is 0.440. The van der Waals surface area contributed by atoms with Crippen molar-refractivity contribution in [3.8, 4) is 0 Å². The Balaban J connectivity index is 2.32. The summed E-state index contributed by atoms with van der Waals surface area (Å²) >= 11 is 3.28. The van der Waals surface area contributed by atoms with E-state index in [1.165, 1.54) is 4.68 Å². The second-order valence-corrected chi connectivity index (χ2v) is 4.96. The van der Waals surface area contributed by atoms with E-state index in [4.69, 9.17) is 0 Å². The van der Waals surface area contributed by atoms with E-state index < -0.39 is 29.0 Å². The minimum Gasteiger partial charge on any atom is -0.374 e. The number of nitrogens with one attached hydrogen (secondary N) is 1. The molecule has 0 aliphatic carbocycles. The lowest BCUT2D eigenvalue weighted by Gasteiger charge is -2.10. The molecular weight excluding hydrogens is 342 g/mol. The van der Waals surface area contributed by atoms with Gasteiger partial charge in [0, 0.05) is 13.1 Å². The smallest absolute Gasteiger partial charge is 0.185 e. The SMILES string of the molecule is Cc1nn(C)c(CNc2c(F)c(F)cc(F)c2F)c1Br. The van der Waals surface area contributed by atoms with Crippen LogP contribution in [0.4, 0.5) is 23.2 Å². The third-order valence-corrected chi connectivity index (χ3v) is 3.84. The van der Waals surface area contributed by atoms with Crippen LogP contribution in [0.15, 0.2) is 10.5 Å². The first-order valence-electron chi connectivity index (χ1n) is 5.57. The molecule has 0 aliphatic heterocycles. The Morgan fingerprint density at radius 1 is 1.20 bits per heavy atom. The Hall–Kier alpha value is -1.57. The van der Waals surface area contributed by atoms with E-state index >= 15 is 0 Å². The van der Waals surface area contributed by atoms with Crippen LogP contribution >= 0.6 is 15.9 Å². The molecule has 1 aromatic heterocycles. The molecular formula is C12H10BrF4N3. The number of nitrogens with zero attached hydrogens (tertiary/aromatic N) is 2. The Bertz CT molecular complexity index is 643. The summed E-state index contributed by atoms with van der Waals surface area (Å²) in [6.07, 6.45) is 0. The van der Waals surface area contributed by atoms with Gasteiger partial charge in [0.2, 0.25) is 0 Å². The van der Waals surface area contributed by atoms with Crippen molar-refractivity contribution in [2.45, 2.75) is 13.5 Å². The second-order valence-electron chi connectivity index (χ2n) is 4.17. The fourth-order valence-electron chi connectivity index (χ4n) is 1.77. The van der Waals surface area contributed by atoms with Gasteiger partial charge in [0.25, 0.3) is 0 Å². The Labute approximate surface area is 120 Å². The van der Waals surface area contributed by atoms with Gasteiger partial charge in [0.1, 0.15) is 5.69 Å². The Morgan fingerprint density at radius 2 is 1.75 bits per heavy atom. The fraction of sp³-hybridized carbons (Fsp3) is 0.250. The average molecular weight is 352 g/mol. The highest BCUT2D eigenvalue weighted by atomic mass is 79.9. The first-order chi connectivity index (χ1) is 9.32. The van der Waals surface area contributed by atoms with Gasteiger partial charge in [-0.15, -0.1) is 0 Å². The van der Waals surface area contributed by atoms with Crippen molar-refractivity contribution in [2.75, 3.05) is 5.32 Å². The largest absolute Gasteiger partial charge is 0.374 e. The van der Waals surface area contributed by atoms with E-state index in [1.54, 1.807) is 14.0 Å². The van der Waals surface area contributed by atoms with Crippen LogP contribution in [0.3, 0.4) is 0 Å². The molecule has 3 nitrogen and oxygen atoms in total. The maximum Gasteiger partial charge on any atom is 0.185 e. The molecule has 2 rings (SSSR count). The van der Waals surface area contributed by atoms with Crippen LogP contribution in [0.25, 0.3) is 0 Å². The van der Waals surface area contributed by atoms with E-state index in [2.05, 4.69) is 26.3 Å². The van der Waals surface area contributed by atoms with Gasteiger partial charge >= 0.3 is 0 Å². The van der Waals surface area contributed by atoms with E-state index in [0.29, 0.717) is 15.9 Å². The van der Waals surface area contributed by atoms with E-state index in [-0.39, 0.29) is 12.6 Å². The number of aryl methyl sites for hydroxylation is 2. The lowest BCUT2D eigenvalue weighted by Crippen LogP contribution is -2.10. The summed E-state index contributed by atoms with van der Waals surface area (Å²) < 4.78 is 55.2. The molecule has 108 valence electrons. The normalized spacial score (nSPS) is 10.9. The van der Waals surface area contributed by atoms with Crippen molar-refractivity contribution in [1.29, 1.82) is 0 Å². The summed E-state index contributed by atoms with van der Waals surface area (Å²) in [4.78, 5) is 0. The number of anilines is 1. The third kappa shape index (κ3) is 2.52. The number of rotatable bonds is 3. The molecule has 0 spiro atoms. The molecule has 1 N–H and O–H groups in total. The zero-order chi connectivity index (χ0) is 15.0. The van der Waals surface area contributed by atoms with Gasteiger partial charge < -0.3 is 5.32 Å². The molecule has 1 heterocycles. The fourth-order valence-corrected chi connectivity index (χ4v) is 2.25. The summed E-state index contributed by atoms with van der Waals surface area (Å²) in [5, 5.41) is 6.45. The quantitative estimate of drug-likeness (QED) is 0.675. The van der Waals surface area contributed by atoms with Gasteiger partial charge in [-0.05, 0) is 22.9 Å². The molecule has 0 bridgehead atoms. The van der Waals surface area contributed by atoms with Crippen LogP contribution in [0.1, 0.15) is 11.4 Å². The van der Waals surface area contributed by atoms with Gasteiger partial charge in [-0.25, -0.2) is 17.6 Å². The van der Waals surface area contributed by atoms with Crippen LogP contribution in [0.5, 0.6) is 0 Å². The van der Waals surface area contributed by atoms with Gasteiger partial charge in [-0.2, -0.15) is 5.10 Å². The van der Waals surface area contributed by atoms with Crippen LogP contribution in [-0.2, 0) is 13.6 Å². The highest BCUT2D eigenvalue weighted by Gasteiger charge is 2.20. The van der Waals surface area contributed by atoms with Gasteiger partial charge in [0.05, 0.1) is 22.4 Å². The monoisotopic (exact) mass is 351 g/mol. The first-order valence-corrected chi connectivity index (χ1v) is 6.37. The van der Waals surface area contributed by atoms with Crippen molar-refractivity contribution in [3.63, 3.8) is 0 Å². The van der Waals surface area contributed by atoms with Crippen LogP contribution in [0.2, 0.25) is 0 Å². The molecule has 0 unspecified atom stereocenters. The molecule has 8 heteroatoms. The number of halogens is 5. The Morgan fingerprint density at radius 3 is 2.20 bits per heavy atom. The maximum absolute atomic E-state index is 13.5. The number of benzene rings is 1. The van der Waals surface area contributed by atoms with Crippen LogP contribution in [-0.4, -0.2) is 9.78 Å². The van der Waals surface area contributed by atoms with Crippen molar-refractivity contribution in [2.24, 2.45) is 7.05 Å². The highest BCUT2D eigenvalue weighted by Crippen LogP contribution is 2.26. The molecule has 1 aromatic carbocycles. The minimum atomic E-state index is -1.46. The van der Waals surface area contributed by atoms with Crippen molar-refractivity contribution < 1.29 is 17.6 Å². The Kier molecular flexibility index (Phi) is 4.03. The van der Waals surface area contributed by atoms with E-state index in [1.807, 2.05) is 0 Å². The van der Waals surface area contributed by atoms with Crippen molar-refractivity contribution in [3.05, 3.63) is 45.2 Å². The number of aromatic nitrogens is 2. The summed E-state index contributed by atoms with van der Waals surface area (Å²) in [6, 6.07) is 0.167. The number of hydrogen-bond donors (Lipinski definition) is 1. The highest BCUT2D eigenvalue weighted by molar-refractivity contribution is 9.10. The van der Waals surface area contributed by atoms with Crippen LogP contribution in [0, 0.1) is 30.2 Å². The second kappa shape index (κ2) is 5.43. The summed E-state index contributed by atoms with van der Waals surface area (Å²) in [6.45, 7) is 1.70. The molecule has 0 atom stereocenters. The van der Waals surface area contributed by atoms with Gasteiger partial charge in [0.15, 0.2) is 23.3 Å². The molecule has 0 amide bonds. The predicted octanol–water partition coefficient (Wildman–Crippen LogP) is 3.66. The van der Waals surface area contributed by atoms with Gasteiger partial charge in [-0.1, -0.05) is 0 Å². The lowest BCUT2D eigenvalue weighted by atomic mass is 10.2.